The molecule has 0 spiro atoms. The quantitative estimate of drug-likeness (QED) is 0.766. The molecule has 142 valence electrons. The number of ether oxygens (including phenoxy) is 1. The van der Waals surface area contributed by atoms with Crippen molar-refractivity contribution in [3.63, 3.8) is 0 Å². The summed E-state index contributed by atoms with van der Waals surface area (Å²) in [6, 6.07) is 15.1. The highest BCUT2D eigenvalue weighted by atomic mass is 79.9. The molecule has 1 heterocycles. The Morgan fingerprint density at radius 3 is 2.59 bits per heavy atom. The van der Waals surface area contributed by atoms with Gasteiger partial charge in [0.15, 0.2) is 0 Å². The van der Waals surface area contributed by atoms with Crippen LogP contribution in [0.15, 0.2) is 53.0 Å². The molecule has 2 aromatic carbocycles. The number of carbonyl (C=O) groups is 2. The van der Waals surface area contributed by atoms with Crippen molar-refractivity contribution in [1.29, 1.82) is 0 Å². The van der Waals surface area contributed by atoms with Crippen LogP contribution in [0.4, 0.5) is 4.79 Å². The van der Waals surface area contributed by atoms with Gasteiger partial charge in [-0.2, -0.15) is 0 Å². The van der Waals surface area contributed by atoms with Gasteiger partial charge in [-0.15, -0.1) is 0 Å². The van der Waals surface area contributed by atoms with Crippen molar-refractivity contribution in [2.75, 3.05) is 6.54 Å². The lowest BCUT2D eigenvalue weighted by Gasteiger charge is -2.29. The summed E-state index contributed by atoms with van der Waals surface area (Å²) in [6.45, 7) is 6.24. The Bertz CT molecular complexity index is 846. The first-order chi connectivity index (χ1) is 12.7. The van der Waals surface area contributed by atoms with E-state index in [0.717, 1.165) is 15.6 Å². The standard InChI is InChI=1S/C21H23BrN2O3/c1-21(2,3)27-20(26)23-12-18(14-7-5-4-6-8-14)24-13-15-11-16(22)9-10-17(15)19(24)25/h4-11,18H,12-13H2,1-3H3,(H,23,26)/t18-/m0/s1. The van der Waals surface area contributed by atoms with Gasteiger partial charge in [-0.25, -0.2) is 4.79 Å². The summed E-state index contributed by atoms with van der Waals surface area (Å²) in [6.07, 6.45) is -0.490. The predicted octanol–water partition coefficient (Wildman–Crippen LogP) is 4.67. The van der Waals surface area contributed by atoms with E-state index in [2.05, 4.69) is 21.2 Å². The van der Waals surface area contributed by atoms with E-state index in [-0.39, 0.29) is 18.5 Å². The molecule has 2 aromatic rings. The Morgan fingerprint density at radius 2 is 1.93 bits per heavy atom. The first-order valence-electron chi connectivity index (χ1n) is 8.86. The zero-order chi connectivity index (χ0) is 19.6. The molecule has 1 N–H and O–H groups in total. The number of rotatable bonds is 4. The van der Waals surface area contributed by atoms with Gasteiger partial charge in [-0.3, -0.25) is 4.79 Å². The van der Waals surface area contributed by atoms with Crippen molar-refractivity contribution in [3.8, 4) is 0 Å². The molecule has 27 heavy (non-hydrogen) atoms. The number of alkyl carbamates (subject to hydrolysis) is 1. The number of hydrogen-bond donors (Lipinski definition) is 1. The highest BCUT2D eigenvalue weighted by Gasteiger charge is 2.34. The highest BCUT2D eigenvalue weighted by molar-refractivity contribution is 9.10. The molecular formula is C21H23BrN2O3. The molecule has 1 aliphatic rings. The van der Waals surface area contributed by atoms with E-state index in [0.29, 0.717) is 12.1 Å². The van der Waals surface area contributed by atoms with E-state index in [1.54, 1.807) is 4.90 Å². The van der Waals surface area contributed by atoms with Crippen LogP contribution in [-0.2, 0) is 11.3 Å². The molecular weight excluding hydrogens is 408 g/mol. The fraction of sp³-hybridized carbons (Fsp3) is 0.333. The average Bonchev–Trinajstić information content (AvgIpc) is 2.90. The van der Waals surface area contributed by atoms with Gasteiger partial charge in [0, 0.05) is 23.1 Å². The molecule has 0 aromatic heterocycles. The summed E-state index contributed by atoms with van der Waals surface area (Å²) in [5.74, 6) is -0.0302. The number of hydrogen-bond acceptors (Lipinski definition) is 3. The van der Waals surface area contributed by atoms with Crippen LogP contribution in [0.3, 0.4) is 0 Å². The summed E-state index contributed by atoms with van der Waals surface area (Å²) in [4.78, 5) is 26.9. The number of carbonyl (C=O) groups excluding carboxylic acids is 2. The summed E-state index contributed by atoms with van der Waals surface area (Å²) >= 11 is 3.46. The van der Waals surface area contributed by atoms with Crippen LogP contribution in [0.5, 0.6) is 0 Å². The lowest BCUT2D eigenvalue weighted by Crippen LogP contribution is -2.40. The minimum atomic E-state index is -0.571. The Labute approximate surface area is 167 Å². The number of amides is 2. The molecule has 0 saturated heterocycles. The van der Waals surface area contributed by atoms with Crippen LogP contribution in [-0.4, -0.2) is 29.0 Å². The number of halogens is 1. The van der Waals surface area contributed by atoms with Gasteiger partial charge >= 0.3 is 6.09 Å². The molecule has 0 aliphatic carbocycles. The number of benzene rings is 2. The second-order valence-corrected chi connectivity index (χ2v) is 8.46. The third kappa shape index (κ3) is 4.69. The molecule has 0 radical (unpaired) electrons. The topological polar surface area (TPSA) is 58.6 Å². The maximum atomic E-state index is 13.0. The van der Waals surface area contributed by atoms with Gasteiger partial charge in [0.1, 0.15) is 5.60 Å². The second kappa shape index (κ2) is 7.72. The van der Waals surface area contributed by atoms with E-state index < -0.39 is 11.7 Å². The van der Waals surface area contributed by atoms with E-state index in [1.165, 1.54) is 0 Å². The predicted molar refractivity (Wildman–Crippen MR) is 107 cm³/mol. The van der Waals surface area contributed by atoms with Crippen molar-refractivity contribution in [1.82, 2.24) is 10.2 Å². The Morgan fingerprint density at radius 1 is 1.22 bits per heavy atom. The summed E-state index contributed by atoms with van der Waals surface area (Å²) in [7, 11) is 0. The molecule has 0 unspecified atom stereocenters. The average molecular weight is 431 g/mol. The minimum absolute atomic E-state index is 0.0302. The molecule has 3 rings (SSSR count). The van der Waals surface area contributed by atoms with E-state index in [4.69, 9.17) is 4.74 Å². The smallest absolute Gasteiger partial charge is 0.407 e. The van der Waals surface area contributed by atoms with E-state index in [1.807, 2.05) is 69.3 Å². The van der Waals surface area contributed by atoms with E-state index >= 15 is 0 Å². The van der Waals surface area contributed by atoms with Crippen LogP contribution >= 0.6 is 15.9 Å². The summed E-state index contributed by atoms with van der Waals surface area (Å²) < 4.78 is 6.27. The minimum Gasteiger partial charge on any atom is -0.444 e. The fourth-order valence-corrected chi connectivity index (χ4v) is 3.55. The van der Waals surface area contributed by atoms with Crippen molar-refractivity contribution >= 4 is 27.9 Å². The Hall–Kier alpha value is -2.34. The number of nitrogens with one attached hydrogen (secondary N) is 1. The lowest BCUT2D eigenvalue weighted by molar-refractivity contribution is 0.0489. The first-order valence-corrected chi connectivity index (χ1v) is 9.65. The van der Waals surface area contributed by atoms with Gasteiger partial charge < -0.3 is 15.0 Å². The van der Waals surface area contributed by atoms with Crippen molar-refractivity contribution < 1.29 is 14.3 Å². The molecule has 0 fully saturated rings. The van der Waals surface area contributed by atoms with Crippen LogP contribution in [0.25, 0.3) is 0 Å². The second-order valence-electron chi connectivity index (χ2n) is 7.54. The maximum Gasteiger partial charge on any atom is 0.407 e. The molecule has 0 bridgehead atoms. The van der Waals surface area contributed by atoms with Crippen LogP contribution < -0.4 is 5.32 Å². The van der Waals surface area contributed by atoms with Gasteiger partial charge in [0.25, 0.3) is 5.91 Å². The zero-order valence-corrected chi connectivity index (χ0v) is 17.2. The largest absolute Gasteiger partial charge is 0.444 e. The first kappa shape index (κ1) is 19.4. The highest BCUT2D eigenvalue weighted by Crippen LogP contribution is 2.32. The van der Waals surface area contributed by atoms with Gasteiger partial charge in [-0.05, 0) is 50.1 Å². The third-order valence-electron chi connectivity index (χ3n) is 4.30. The van der Waals surface area contributed by atoms with Gasteiger partial charge in [0.05, 0.1) is 6.04 Å². The molecule has 0 saturated carbocycles. The van der Waals surface area contributed by atoms with Gasteiger partial charge in [0.2, 0.25) is 0 Å². The van der Waals surface area contributed by atoms with Gasteiger partial charge in [-0.1, -0.05) is 46.3 Å². The Balaban J connectivity index is 1.82. The normalized spacial score (nSPS) is 14.7. The van der Waals surface area contributed by atoms with E-state index in [9.17, 15) is 9.59 Å². The van der Waals surface area contributed by atoms with Crippen LogP contribution in [0.1, 0.15) is 48.3 Å². The van der Waals surface area contributed by atoms with Crippen molar-refractivity contribution in [3.05, 3.63) is 69.7 Å². The van der Waals surface area contributed by atoms with Crippen molar-refractivity contribution in [2.45, 2.75) is 39.0 Å². The zero-order valence-electron chi connectivity index (χ0n) is 15.7. The van der Waals surface area contributed by atoms with Crippen LogP contribution in [0, 0.1) is 0 Å². The number of fused-ring (bicyclic) bond motifs is 1. The Kier molecular flexibility index (Phi) is 5.56. The molecule has 5 nitrogen and oxygen atoms in total. The SMILES string of the molecule is CC(C)(C)OC(=O)NC[C@@H](c1ccccc1)N1Cc2cc(Br)ccc2C1=O. The molecule has 2 amide bonds. The van der Waals surface area contributed by atoms with Crippen molar-refractivity contribution in [2.24, 2.45) is 0 Å². The van der Waals surface area contributed by atoms with Crippen LogP contribution in [0.2, 0.25) is 0 Å². The summed E-state index contributed by atoms with van der Waals surface area (Å²) in [5.41, 5.74) is 2.08. The fourth-order valence-electron chi connectivity index (χ4n) is 3.14. The molecule has 6 heteroatoms. The number of nitrogens with zero attached hydrogens (tertiary/aromatic N) is 1. The third-order valence-corrected chi connectivity index (χ3v) is 4.79. The molecule has 1 aliphatic heterocycles. The lowest BCUT2D eigenvalue weighted by atomic mass is 10.1. The molecule has 1 atom stereocenters. The monoisotopic (exact) mass is 430 g/mol. The maximum absolute atomic E-state index is 13.0. The summed E-state index contributed by atoms with van der Waals surface area (Å²) in [5, 5.41) is 2.81.